The van der Waals surface area contributed by atoms with Crippen LogP contribution in [0.4, 0.5) is 0 Å². The van der Waals surface area contributed by atoms with Crippen LogP contribution in [0, 0.1) is 13.8 Å². The minimum Gasteiger partial charge on any atom is -0.355 e. The summed E-state index contributed by atoms with van der Waals surface area (Å²) in [6.45, 7) is 4.44. The van der Waals surface area contributed by atoms with Gasteiger partial charge in [0.05, 0.1) is 11.8 Å². The largest absolute Gasteiger partial charge is 0.355 e. The highest BCUT2D eigenvalue weighted by Gasteiger charge is 2.17. The summed E-state index contributed by atoms with van der Waals surface area (Å²) in [4.78, 5) is 29.0. The third kappa shape index (κ3) is 3.67. The van der Waals surface area contributed by atoms with Gasteiger partial charge in [-0.15, -0.1) is 0 Å². The number of allylic oxidation sites excluding steroid dienone is 1. The fraction of sp³-hybridized carbons (Fsp3) is 0.526. The number of rotatable bonds is 5. The Bertz CT molecular complexity index is 889. The van der Waals surface area contributed by atoms with Gasteiger partial charge < -0.3 is 5.32 Å². The fourth-order valence-electron chi connectivity index (χ4n) is 3.59. The summed E-state index contributed by atoms with van der Waals surface area (Å²) in [6, 6.07) is 0. The molecule has 1 amide bonds. The minimum atomic E-state index is -0.106. The zero-order valence-electron chi connectivity index (χ0n) is 15.2. The van der Waals surface area contributed by atoms with Crippen molar-refractivity contribution in [2.75, 3.05) is 6.54 Å². The van der Waals surface area contributed by atoms with Crippen molar-refractivity contribution in [2.45, 2.75) is 52.4 Å². The van der Waals surface area contributed by atoms with Crippen LogP contribution < -0.4 is 10.9 Å². The van der Waals surface area contributed by atoms with Crippen LogP contribution in [0.3, 0.4) is 0 Å². The van der Waals surface area contributed by atoms with Gasteiger partial charge >= 0.3 is 0 Å². The Morgan fingerprint density at radius 1 is 1.36 bits per heavy atom. The molecular formula is C19H26N4O2. The number of hydrogen-bond acceptors (Lipinski definition) is 3. The summed E-state index contributed by atoms with van der Waals surface area (Å²) in [5.74, 6) is -0.0175. The number of nitrogens with zero attached hydrogens (tertiary/aromatic N) is 2. The van der Waals surface area contributed by atoms with E-state index in [0.717, 1.165) is 29.7 Å². The highest BCUT2D eigenvalue weighted by atomic mass is 16.1. The summed E-state index contributed by atoms with van der Waals surface area (Å²) < 4.78 is 1.42. The molecule has 2 aromatic rings. The molecule has 2 N–H and O–H groups in total. The molecule has 6 nitrogen and oxygen atoms in total. The Hall–Kier alpha value is -2.37. The van der Waals surface area contributed by atoms with Crippen LogP contribution in [-0.4, -0.2) is 27.2 Å². The highest BCUT2D eigenvalue weighted by molar-refractivity contribution is 5.84. The first-order valence-electron chi connectivity index (χ1n) is 8.96. The third-order valence-electron chi connectivity index (χ3n) is 5.06. The number of hydrogen-bond donors (Lipinski definition) is 2. The smallest absolute Gasteiger partial charge is 0.276 e. The lowest BCUT2D eigenvalue weighted by Gasteiger charge is -2.13. The number of aromatic amines is 1. The average molecular weight is 342 g/mol. The predicted octanol–water partition coefficient (Wildman–Crippen LogP) is 2.43. The number of nitrogens with one attached hydrogen (secondary N) is 2. The topological polar surface area (TPSA) is 79.8 Å². The maximum Gasteiger partial charge on any atom is 0.276 e. The van der Waals surface area contributed by atoms with Crippen molar-refractivity contribution in [3.8, 4) is 0 Å². The summed E-state index contributed by atoms with van der Waals surface area (Å²) in [6.07, 6.45) is 8.36. The standard InChI is InChI=1S/C19H26N4O2/c1-12-15(13(2)21-18-17(12)19(25)23(3)22-18)11-16(24)20-10-9-14-7-5-4-6-8-14/h7H,4-6,8-11H2,1-3H3,(H,20,24)(H,21,22). The maximum absolute atomic E-state index is 12.3. The number of amides is 1. The number of H-pyrrole nitrogens is 1. The lowest BCUT2D eigenvalue weighted by molar-refractivity contribution is -0.120. The second kappa shape index (κ2) is 7.25. The number of pyridine rings is 1. The molecule has 0 saturated heterocycles. The Kier molecular flexibility index (Phi) is 5.06. The molecule has 6 heteroatoms. The normalized spacial score (nSPS) is 14.6. The van der Waals surface area contributed by atoms with Gasteiger partial charge in [0.15, 0.2) is 5.65 Å². The quantitative estimate of drug-likeness (QED) is 0.819. The maximum atomic E-state index is 12.3. The van der Waals surface area contributed by atoms with Crippen LogP contribution in [0.15, 0.2) is 16.4 Å². The van der Waals surface area contributed by atoms with Crippen molar-refractivity contribution in [1.82, 2.24) is 20.1 Å². The van der Waals surface area contributed by atoms with E-state index in [1.807, 2.05) is 13.8 Å². The molecule has 134 valence electrons. The van der Waals surface area contributed by atoms with Gasteiger partial charge in [0.2, 0.25) is 5.91 Å². The summed E-state index contributed by atoms with van der Waals surface area (Å²) in [5.41, 5.74) is 4.41. The van der Waals surface area contributed by atoms with Gasteiger partial charge in [-0.2, -0.15) is 0 Å². The summed E-state index contributed by atoms with van der Waals surface area (Å²) in [7, 11) is 1.67. The van der Waals surface area contributed by atoms with Crippen LogP contribution in [-0.2, 0) is 18.3 Å². The fourth-order valence-corrected chi connectivity index (χ4v) is 3.59. The Morgan fingerprint density at radius 3 is 2.88 bits per heavy atom. The average Bonchev–Trinajstić information content (AvgIpc) is 2.86. The van der Waals surface area contributed by atoms with E-state index in [0.29, 0.717) is 17.6 Å². The number of carbonyl (C=O) groups is 1. The summed E-state index contributed by atoms with van der Waals surface area (Å²) in [5, 5.41) is 6.52. The molecule has 0 atom stereocenters. The van der Waals surface area contributed by atoms with E-state index in [1.54, 1.807) is 7.05 Å². The summed E-state index contributed by atoms with van der Waals surface area (Å²) >= 11 is 0. The van der Waals surface area contributed by atoms with E-state index in [9.17, 15) is 9.59 Å². The molecule has 0 aliphatic heterocycles. The second-order valence-corrected chi connectivity index (χ2v) is 6.89. The van der Waals surface area contributed by atoms with Crippen molar-refractivity contribution >= 4 is 16.9 Å². The molecule has 0 aromatic carbocycles. The van der Waals surface area contributed by atoms with Gasteiger partial charge in [-0.05, 0) is 57.1 Å². The molecule has 25 heavy (non-hydrogen) atoms. The van der Waals surface area contributed by atoms with Crippen molar-refractivity contribution in [3.63, 3.8) is 0 Å². The lowest BCUT2D eigenvalue weighted by atomic mass is 9.97. The molecule has 2 heterocycles. The first-order chi connectivity index (χ1) is 12.0. The van der Waals surface area contributed by atoms with Gasteiger partial charge in [-0.1, -0.05) is 11.6 Å². The molecule has 0 spiro atoms. The molecule has 0 saturated carbocycles. The Morgan fingerprint density at radius 2 is 2.16 bits per heavy atom. The van der Waals surface area contributed by atoms with Crippen LogP contribution in [0.25, 0.3) is 11.0 Å². The van der Waals surface area contributed by atoms with E-state index in [4.69, 9.17) is 0 Å². The highest BCUT2D eigenvalue weighted by Crippen LogP contribution is 2.20. The number of aryl methyl sites for hydroxylation is 3. The molecule has 1 aliphatic carbocycles. The van der Waals surface area contributed by atoms with Crippen LogP contribution in [0.1, 0.15) is 48.9 Å². The molecular weight excluding hydrogens is 316 g/mol. The van der Waals surface area contributed by atoms with E-state index in [1.165, 1.54) is 29.5 Å². The van der Waals surface area contributed by atoms with Gasteiger partial charge in [0, 0.05) is 19.3 Å². The second-order valence-electron chi connectivity index (χ2n) is 6.89. The van der Waals surface area contributed by atoms with Gasteiger partial charge in [-0.3, -0.25) is 19.4 Å². The predicted molar refractivity (Wildman–Crippen MR) is 98.7 cm³/mol. The molecule has 3 rings (SSSR count). The zero-order chi connectivity index (χ0) is 18.0. The van der Waals surface area contributed by atoms with E-state index in [-0.39, 0.29) is 17.9 Å². The molecule has 2 aromatic heterocycles. The molecule has 0 unspecified atom stereocenters. The van der Waals surface area contributed by atoms with E-state index >= 15 is 0 Å². The van der Waals surface area contributed by atoms with Gasteiger partial charge in [0.1, 0.15) is 0 Å². The van der Waals surface area contributed by atoms with Crippen molar-refractivity contribution in [3.05, 3.63) is 38.8 Å². The number of carbonyl (C=O) groups excluding carboxylic acids is 1. The van der Waals surface area contributed by atoms with Crippen molar-refractivity contribution in [2.24, 2.45) is 7.05 Å². The zero-order valence-corrected chi connectivity index (χ0v) is 15.2. The first kappa shape index (κ1) is 17.5. The van der Waals surface area contributed by atoms with Crippen LogP contribution in [0.5, 0.6) is 0 Å². The van der Waals surface area contributed by atoms with Crippen LogP contribution >= 0.6 is 0 Å². The number of fused-ring (bicyclic) bond motifs is 1. The first-order valence-corrected chi connectivity index (χ1v) is 8.96. The Labute approximate surface area is 147 Å². The SMILES string of the molecule is Cc1nc2[nH]n(C)c(=O)c2c(C)c1CC(=O)NCCC1=CCCCC1. The molecule has 0 fully saturated rings. The van der Waals surface area contributed by atoms with Crippen molar-refractivity contribution in [1.29, 1.82) is 0 Å². The monoisotopic (exact) mass is 342 g/mol. The van der Waals surface area contributed by atoms with E-state index in [2.05, 4.69) is 21.5 Å². The van der Waals surface area contributed by atoms with Gasteiger partial charge in [0.25, 0.3) is 5.56 Å². The molecule has 0 radical (unpaired) electrons. The third-order valence-corrected chi connectivity index (χ3v) is 5.06. The van der Waals surface area contributed by atoms with Gasteiger partial charge in [-0.25, -0.2) is 4.98 Å². The van der Waals surface area contributed by atoms with E-state index < -0.39 is 0 Å². The van der Waals surface area contributed by atoms with Crippen LogP contribution in [0.2, 0.25) is 0 Å². The lowest BCUT2D eigenvalue weighted by Crippen LogP contribution is -2.27. The van der Waals surface area contributed by atoms with Crippen molar-refractivity contribution < 1.29 is 4.79 Å². The molecule has 0 bridgehead atoms. The minimum absolute atomic E-state index is 0.0175. The Balaban J connectivity index is 1.69. The number of aromatic nitrogens is 3. The molecule has 1 aliphatic rings.